The van der Waals surface area contributed by atoms with Gasteiger partial charge in [0.05, 0.1) is 16.9 Å². The lowest BCUT2D eigenvalue weighted by Gasteiger charge is -2.25. The topological polar surface area (TPSA) is 90.5 Å². The minimum Gasteiger partial charge on any atom is -0.388 e. The van der Waals surface area contributed by atoms with Crippen LogP contribution < -0.4 is 16.0 Å². The third kappa shape index (κ3) is 6.21. The second kappa shape index (κ2) is 9.62. The fraction of sp³-hybridized carbons (Fsp3) is 0.333. The number of rotatable bonds is 7. The summed E-state index contributed by atoms with van der Waals surface area (Å²) in [5, 5.41) is 17.1. The van der Waals surface area contributed by atoms with E-state index in [4.69, 9.17) is 0 Å². The van der Waals surface area contributed by atoms with Crippen molar-refractivity contribution in [3.8, 4) is 0 Å². The molecule has 0 saturated carbocycles. The Morgan fingerprint density at radius 3 is 2.17 bits per heavy atom. The summed E-state index contributed by atoms with van der Waals surface area (Å²) in [6.45, 7) is 3.39. The fourth-order valence-electron chi connectivity index (χ4n) is 2.67. The molecule has 0 aliphatic carbocycles. The van der Waals surface area contributed by atoms with E-state index in [0.717, 1.165) is 12.1 Å². The molecule has 0 aliphatic heterocycles. The molecule has 0 aromatic heterocycles. The summed E-state index contributed by atoms with van der Waals surface area (Å²) in [5.74, 6) is -0.555. The molecule has 0 atom stereocenters. The van der Waals surface area contributed by atoms with Crippen LogP contribution in [-0.4, -0.2) is 29.2 Å². The number of carbonyl (C=O) groups excluding carboxylic acids is 2. The zero-order chi connectivity index (χ0) is 22.4. The Morgan fingerprint density at radius 1 is 0.967 bits per heavy atom. The van der Waals surface area contributed by atoms with Crippen LogP contribution in [0.3, 0.4) is 0 Å². The molecule has 162 valence electrons. The van der Waals surface area contributed by atoms with Crippen molar-refractivity contribution in [2.75, 3.05) is 17.2 Å². The highest BCUT2D eigenvalue weighted by Crippen LogP contribution is 2.36. The van der Waals surface area contributed by atoms with E-state index in [1.54, 1.807) is 32.0 Å². The lowest BCUT2D eigenvalue weighted by Crippen LogP contribution is -2.43. The highest BCUT2D eigenvalue weighted by atomic mass is 19.4. The van der Waals surface area contributed by atoms with E-state index in [2.05, 4.69) is 16.0 Å². The first-order valence-electron chi connectivity index (χ1n) is 9.43. The van der Waals surface area contributed by atoms with Gasteiger partial charge in [0.2, 0.25) is 0 Å². The number of hydrogen-bond acceptors (Lipinski definition) is 3. The van der Waals surface area contributed by atoms with Crippen LogP contribution in [0.5, 0.6) is 0 Å². The predicted octanol–water partition coefficient (Wildman–Crippen LogP) is 4.63. The first kappa shape index (κ1) is 23.2. The molecule has 2 aromatic rings. The van der Waals surface area contributed by atoms with Crippen LogP contribution in [0.15, 0.2) is 48.5 Å². The van der Waals surface area contributed by atoms with Gasteiger partial charge < -0.3 is 21.1 Å². The Kier molecular flexibility index (Phi) is 7.44. The number of alkyl halides is 3. The van der Waals surface area contributed by atoms with Crippen molar-refractivity contribution in [3.05, 3.63) is 59.7 Å². The smallest absolute Gasteiger partial charge is 0.388 e. The summed E-state index contributed by atoms with van der Waals surface area (Å²) in [7, 11) is 0. The molecular weight excluding hydrogens is 399 g/mol. The average molecular weight is 423 g/mol. The maximum absolute atomic E-state index is 13.5. The van der Waals surface area contributed by atoms with Gasteiger partial charge in [0.25, 0.3) is 5.91 Å². The molecule has 2 aromatic carbocycles. The second-order valence-electron chi connectivity index (χ2n) is 6.82. The SMILES string of the molecule is CCC(O)(CC)CNC(=O)Nc1ccc(NC(=O)c2ccccc2)cc1C(F)(F)F. The maximum Gasteiger partial charge on any atom is 0.418 e. The number of aliphatic hydroxyl groups is 1. The van der Waals surface area contributed by atoms with Crippen LogP contribution in [0.4, 0.5) is 29.3 Å². The van der Waals surface area contributed by atoms with Gasteiger partial charge in [0.15, 0.2) is 0 Å². The van der Waals surface area contributed by atoms with Crippen molar-refractivity contribution in [1.82, 2.24) is 5.32 Å². The molecule has 0 heterocycles. The molecule has 0 saturated heterocycles. The monoisotopic (exact) mass is 423 g/mol. The molecule has 0 radical (unpaired) electrons. The number of carbonyl (C=O) groups is 2. The van der Waals surface area contributed by atoms with Gasteiger partial charge in [0, 0.05) is 17.8 Å². The molecule has 30 heavy (non-hydrogen) atoms. The Bertz CT molecular complexity index is 882. The van der Waals surface area contributed by atoms with Crippen LogP contribution in [0.1, 0.15) is 42.6 Å². The maximum atomic E-state index is 13.5. The predicted molar refractivity (Wildman–Crippen MR) is 108 cm³/mol. The standard InChI is InChI=1S/C21H24F3N3O3/c1-3-20(30,4-2)13-25-19(29)27-17-11-10-15(12-16(17)21(22,23)24)26-18(28)14-8-6-5-7-9-14/h5-12,30H,3-4,13H2,1-2H3,(H,26,28)(H2,25,27,29). The third-order valence-corrected chi connectivity index (χ3v) is 4.76. The second-order valence-corrected chi connectivity index (χ2v) is 6.82. The van der Waals surface area contributed by atoms with Crippen molar-refractivity contribution < 1.29 is 27.9 Å². The fourth-order valence-corrected chi connectivity index (χ4v) is 2.67. The van der Waals surface area contributed by atoms with E-state index in [-0.39, 0.29) is 12.2 Å². The Hall–Kier alpha value is -3.07. The van der Waals surface area contributed by atoms with E-state index < -0.39 is 35.0 Å². The number of halogens is 3. The Morgan fingerprint density at radius 2 is 1.60 bits per heavy atom. The van der Waals surface area contributed by atoms with Crippen molar-refractivity contribution in [2.24, 2.45) is 0 Å². The highest BCUT2D eigenvalue weighted by Gasteiger charge is 2.34. The molecular formula is C21H24F3N3O3. The van der Waals surface area contributed by atoms with Gasteiger partial charge in [-0.2, -0.15) is 13.2 Å². The lowest BCUT2D eigenvalue weighted by atomic mass is 9.98. The zero-order valence-electron chi connectivity index (χ0n) is 16.6. The van der Waals surface area contributed by atoms with Gasteiger partial charge in [0.1, 0.15) is 0 Å². The van der Waals surface area contributed by atoms with Gasteiger partial charge in [-0.1, -0.05) is 32.0 Å². The van der Waals surface area contributed by atoms with E-state index in [1.165, 1.54) is 18.2 Å². The van der Waals surface area contributed by atoms with Gasteiger partial charge >= 0.3 is 12.2 Å². The van der Waals surface area contributed by atoms with Crippen molar-refractivity contribution in [3.63, 3.8) is 0 Å². The number of anilines is 2. The summed E-state index contributed by atoms with van der Waals surface area (Å²) in [4.78, 5) is 24.2. The van der Waals surface area contributed by atoms with Crippen LogP contribution >= 0.6 is 0 Å². The molecule has 0 unspecified atom stereocenters. The molecule has 3 amide bonds. The summed E-state index contributed by atoms with van der Waals surface area (Å²) in [6.07, 6.45) is -4.00. The van der Waals surface area contributed by atoms with Gasteiger partial charge in [-0.25, -0.2) is 4.79 Å². The quantitative estimate of drug-likeness (QED) is 0.523. The molecule has 4 N–H and O–H groups in total. The van der Waals surface area contributed by atoms with Gasteiger partial charge in [-0.3, -0.25) is 4.79 Å². The largest absolute Gasteiger partial charge is 0.418 e. The number of urea groups is 1. The summed E-state index contributed by atoms with van der Waals surface area (Å²) in [5.41, 5.74) is -2.46. The molecule has 0 bridgehead atoms. The number of amides is 3. The normalized spacial score (nSPS) is 11.7. The molecule has 0 spiro atoms. The van der Waals surface area contributed by atoms with Crippen LogP contribution in [-0.2, 0) is 6.18 Å². The summed E-state index contributed by atoms with van der Waals surface area (Å²) >= 11 is 0. The third-order valence-electron chi connectivity index (χ3n) is 4.76. The zero-order valence-corrected chi connectivity index (χ0v) is 16.6. The summed E-state index contributed by atoms with van der Waals surface area (Å²) in [6, 6.07) is 10.3. The molecule has 6 nitrogen and oxygen atoms in total. The van der Waals surface area contributed by atoms with Crippen molar-refractivity contribution >= 4 is 23.3 Å². The first-order valence-corrected chi connectivity index (χ1v) is 9.43. The van der Waals surface area contributed by atoms with Crippen molar-refractivity contribution in [2.45, 2.75) is 38.5 Å². The number of benzene rings is 2. The minimum absolute atomic E-state index is 0.0616. The van der Waals surface area contributed by atoms with Crippen LogP contribution in [0.2, 0.25) is 0 Å². The minimum atomic E-state index is -4.76. The van der Waals surface area contributed by atoms with Crippen LogP contribution in [0.25, 0.3) is 0 Å². The number of nitrogens with one attached hydrogen (secondary N) is 3. The van der Waals surface area contributed by atoms with Crippen molar-refractivity contribution in [1.29, 1.82) is 0 Å². The van der Waals surface area contributed by atoms with Gasteiger partial charge in [-0.05, 0) is 43.2 Å². The summed E-state index contributed by atoms with van der Waals surface area (Å²) < 4.78 is 40.5. The Balaban J connectivity index is 2.16. The lowest BCUT2D eigenvalue weighted by molar-refractivity contribution is -0.136. The van der Waals surface area contributed by atoms with E-state index in [1.807, 2.05) is 0 Å². The molecule has 0 fully saturated rings. The van der Waals surface area contributed by atoms with E-state index in [9.17, 15) is 27.9 Å². The Labute approximate surface area is 172 Å². The highest BCUT2D eigenvalue weighted by molar-refractivity contribution is 6.04. The molecule has 9 heteroatoms. The van der Waals surface area contributed by atoms with Crippen LogP contribution in [0, 0.1) is 0 Å². The molecule has 2 rings (SSSR count). The first-order chi connectivity index (χ1) is 14.1. The average Bonchev–Trinajstić information content (AvgIpc) is 2.73. The number of hydrogen-bond donors (Lipinski definition) is 4. The molecule has 0 aliphatic rings. The van der Waals surface area contributed by atoms with Gasteiger partial charge in [-0.15, -0.1) is 0 Å². The van der Waals surface area contributed by atoms with E-state index in [0.29, 0.717) is 18.4 Å². The van der Waals surface area contributed by atoms with E-state index >= 15 is 0 Å².